The van der Waals surface area contributed by atoms with Crippen molar-refractivity contribution in [3.63, 3.8) is 0 Å². The van der Waals surface area contributed by atoms with Crippen LogP contribution < -0.4 is 5.32 Å². The third-order valence-electron chi connectivity index (χ3n) is 2.84. The molecule has 0 unspecified atom stereocenters. The van der Waals surface area contributed by atoms with E-state index in [-0.39, 0.29) is 5.25 Å². The molecule has 4 heteroatoms. The Labute approximate surface area is 87.2 Å². The highest BCUT2D eigenvalue weighted by molar-refractivity contribution is 7.92. The molecule has 0 aromatic rings. The summed E-state index contributed by atoms with van der Waals surface area (Å²) >= 11 is 0. The summed E-state index contributed by atoms with van der Waals surface area (Å²) in [6, 6.07) is 0. The van der Waals surface area contributed by atoms with E-state index in [1.807, 2.05) is 6.92 Å². The maximum Gasteiger partial charge on any atom is 0.153 e. The van der Waals surface area contributed by atoms with Crippen molar-refractivity contribution < 1.29 is 8.42 Å². The summed E-state index contributed by atoms with van der Waals surface area (Å²) in [7, 11) is -2.78. The molecule has 1 aliphatic rings. The minimum absolute atomic E-state index is 0.0240. The van der Waals surface area contributed by atoms with E-state index in [4.69, 9.17) is 0 Å². The molecule has 0 spiro atoms. The Kier molecular flexibility index (Phi) is 4.89. The molecule has 0 aromatic heterocycles. The summed E-state index contributed by atoms with van der Waals surface area (Å²) in [6.45, 7) is 3.78. The average Bonchev–Trinajstić information content (AvgIpc) is 2.65. The van der Waals surface area contributed by atoms with E-state index < -0.39 is 9.84 Å². The van der Waals surface area contributed by atoms with Gasteiger partial charge in [0, 0.05) is 0 Å². The van der Waals surface area contributed by atoms with Crippen LogP contribution in [0.25, 0.3) is 0 Å². The first kappa shape index (κ1) is 12.0. The van der Waals surface area contributed by atoms with Crippen molar-refractivity contribution in [3.8, 4) is 0 Å². The van der Waals surface area contributed by atoms with Crippen LogP contribution in [-0.2, 0) is 9.84 Å². The Bertz CT molecular complexity index is 243. The fourth-order valence-electron chi connectivity index (χ4n) is 1.99. The first-order valence-corrected chi connectivity index (χ1v) is 7.30. The Morgan fingerprint density at radius 2 is 1.93 bits per heavy atom. The van der Waals surface area contributed by atoms with Crippen LogP contribution in [0.4, 0.5) is 0 Å². The van der Waals surface area contributed by atoms with E-state index in [9.17, 15) is 8.42 Å². The minimum atomic E-state index is -2.78. The SMILES string of the molecule is CCNCCCS(=O)(=O)C1CCCC1. The van der Waals surface area contributed by atoms with Gasteiger partial charge in [-0.25, -0.2) is 8.42 Å². The van der Waals surface area contributed by atoms with Crippen molar-refractivity contribution >= 4 is 9.84 Å². The van der Waals surface area contributed by atoms with E-state index in [2.05, 4.69) is 5.32 Å². The zero-order valence-electron chi connectivity index (χ0n) is 8.96. The van der Waals surface area contributed by atoms with Gasteiger partial charge in [-0.05, 0) is 32.4 Å². The van der Waals surface area contributed by atoms with Crippen LogP contribution >= 0.6 is 0 Å². The fourth-order valence-corrected chi connectivity index (χ4v) is 3.92. The molecule has 0 heterocycles. The van der Waals surface area contributed by atoms with Crippen molar-refractivity contribution in [2.45, 2.75) is 44.3 Å². The Balaban J connectivity index is 2.26. The minimum Gasteiger partial charge on any atom is -0.317 e. The quantitative estimate of drug-likeness (QED) is 0.686. The maximum atomic E-state index is 11.8. The van der Waals surface area contributed by atoms with Crippen LogP contribution in [0.2, 0.25) is 0 Å². The lowest BCUT2D eigenvalue weighted by Crippen LogP contribution is -2.24. The molecule has 0 bridgehead atoms. The van der Waals surface area contributed by atoms with Crippen molar-refractivity contribution in [2.75, 3.05) is 18.8 Å². The van der Waals surface area contributed by atoms with Gasteiger partial charge >= 0.3 is 0 Å². The van der Waals surface area contributed by atoms with E-state index >= 15 is 0 Å². The van der Waals surface area contributed by atoms with Gasteiger partial charge < -0.3 is 5.32 Å². The van der Waals surface area contributed by atoms with E-state index in [1.165, 1.54) is 0 Å². The highest BCUT2D eigenvalue weighted by Gasteiger charge is 2.27. The van der Waals surface area contributed by atoms with Gasteiger partial charge in [0.2, 0.25) is 0 Å². The average molecular weight is 219 g/mol. The predicted octanol–water partition coefficient (Wildman–Crippen LogP) is 1.34. The smallest absolute Gasteiger partial charge is 0.153 e. The van der Waals surface area contributed by atoms with Gasteiger partial charge in [-0.2, -0.15) is 0 Å². The third-order valence-corrected chi connectivity index (χ3v) is 5.19. The normalized spacial score (nSPS) is 18.9. The summed E-state index contributed by atoms with van der Waals surface area (Å²) in [5.74, 6) is 0.366. The molecule has 0 aliphatic heterocycles. The number of sulfone groups is 1. The number of hydrogen-bond donors (Lipinski definition) is 1. The van der Waals surface area contributed by atoms with Crippen LogP contribution in [0.1, 0.15) is 39.0 Å². The summed E-state index contributed by atoms with van der Waals surface area (Å²) in [6.07, 6.45) is 4.73. The molecule has 0 atom stereocenters. The zero-order valence-corrected chi connectivity index (χ0v) is 9.78. The second-order valence-electron chi connectivity index (χ2n) is 3.98. The molecule has 1 saturated carbocycles. The summed E-state index contributed by atoms with van der Waals surface area (Å²) in [5.41, 5.74) is 0. The van der Waals surface area contributed by atoms with E-state index in [0.717, 1.165) is 45.2 Å². The van der Waals surface area contributed by atoms with Crippen LogP contribution in [0.3, 0.4) is 0 Å². The van der Waals surface area contributed by atoms with Gasteiger partial charge in [0.15, 0.2) is 9.84 Å². The van der Waals surface area contributed by atoms with Gasteiger partial charge in [-0.1, -0.05) is 19.8 Å². The van der Waals surface area contributed by atoms with Gasteiger partial charge in [-0.15, -0.1) is 0 Å². The summed E-state index contributed by atoms with van der Waals surface area (Å²) in [5, 5.41) is 3.12. The number of nitrogens with one attached hydrogen (secondary N) is 1. The standard InChI is InChI=1S/C10H21NO2S/c1-2-11-8-5-9-14(12,13)10-6-3-4-7-10/h10-11H,2-9H2,1H3. The molecule has 1 fully saturated rings. The number of rotatable bonds is 6. The molecule has 14 heavy (non-hydrogen) atoms. The molecule has 0 amide bonds. The van der Waals surface area contributed by atoms with Crippen molar-refractivity contribution in [3.05, 3.63) is 0 Å². The molecule has 84 valence electrons. The Hall–Kier alpha value is -0.0900. The van der Waals surface area contributed by atoms with Gasteiger partial charge in [0.1, 0.15) is 0 Å². The third kappa shape index (κ3) is 3.58. The Morgan fingerprint density at radius 1 is 1.29 bits per heavy atom. The molecule has 0 radical (unpaired) electrons. The molecular weight excluding hydrogens is 198 g/mol. The lowest BCUT2D eigenvalue weighted by Gasteiger charge is -2.10. The van der Waals surface area contributed by atoms with Gasteiger partial charge in [-0.3, -0.25) is 0 Å². The maximum absolute atomic E-state index is 11.8. The monoisotopic (exact) mass is 219 g/mol. The lowest BCUT2D eigenvalue weighted by atomic mass is 10.4. The second kappa shape index (κ2) is 5.71. The van der Waals surface area contributed by atoms with Crippen LogP contribution in [0, 0.1) is 0 Å². The molecular formula is C10H21NO2S. The first-order chi connectivity index (χ1) is 6.67. The largest absolute Gasteiger partial charge is 0.317 e. The van der Waals surface area contributed by atoms with Crippen molar-refractivity contribution in [1.82, 2.24) is 5.32 Å². The lowest BCUT2D eigenvalue weighted by molar-refractivity contribution is 0.574. The van der Waals surface area contributed by atoms with Crippen LogP contribution in [-0.4, -0.2) is 32.5 Å². The van der Waals surface area contributed by atoms with Crippen LogP contribution in [0.5, 0.6) is 0 Å². The topological polar surface area (TPSA) is 46.2 Å². The molecule has 0 saturated heterocycles. The summed E-state index contributed by atoms with van der Waals surface area (Å²) < 4.78 is 23.5. The summed E-state index contributed by atoms with van der Waals surface area (Å²) in [4.78, 5) is 0. The van der Waals surface area contributed by atoms with Crippen molar-refractivity contribution in [1.29, 1.82) is 0 Å². The zero-order chi connectivity index (χ0) is 10.4. The van der Waals surface area contributed by atoms with E-state index in [0.29, 0.717) is 5.75 Å². The van der Waals surface area contributed by atoms with E-state index in [1.54, 1.807) is 0 Å². The van der Waals surface area contributed by atoms with Gasteiger partial charge in [0.05, 0.1) is 11.0 Å². The highest BCUT2D eigenvalue weighted by atomic mass is 32.2. The molecule has 0 aromatic carbocycles. The molecule has 1 rings (SSSR count). The highest BCUT2D eigenvalue weighted by Crippen LogP contribution is 2.25. The molecule has 1 aliphatic carbocycles. The first-order valence-electron chi connectivity index (χ1n) is 5.59. The Morgan fingerprint density at radius 3 is 2.50 bits per heavy atom. The molecule has 1 N–H and O–H groups in total. The molecule has 3 nitrogen and oxygen atoms in total. The second-order valence-corrected chi connectivity index (χ2v) is 6.38. The van der Waals surface area contributed by atoms with Crippen molar-refractivity contribution in [2.24, 2.45) is 0 Å². The fraction of sp³-hybridized carbons (Fsp3) is 1.00. The number of hydrogen-bond acceptors (Lipinski definition) is 3. The predicted molar refractivity (Wildman–Crippen MR) is 59.2 cm³/mol. The van der Waals surface area contributed by atoms with Gasteiger partial charge in [0.25, 0.3) is 0 Å². The van der Waals surface area contributed by atoms with Crippen LogP contribution in [0.15, 0.2) is 0 Å².